The molecule has 2 amide bonds. The molecule has 0 saturated heterocycles. The second-order valence-corrected chi connectivity index (χ2v) is 5.73. The molecule has 0 aliphatic heterocycles. The summed E-state index contributed by atoms with van der Waals surface area (Å²) >= 11 is 0. The minimum atomic E-state index is -0.838. The SMILES string of the molecule is CCc1cc(CNC(=O)[C@@H]2CC[C@@H](N(C)C(C)=O)[C@H]2O)on1. The van der Waals surface area contributed by atoms with Crippen LogP contribution in [0.4, 0.5) is 0 Å². The number of hydrogen-bond acceptors (Lipinski definition) is 5. The van der Waals surface area contributed by atoms with Crippen LogP contribution in [0, 0.1) is 5.92 Å². The van der Waals surface area contributed by atoms with E-state index in [0.717, 1.165) is 12.1 Å². The quantitative estimate of drug-likeness (QED) is 0.824. The van der Waals surface area contributed by atoms with Crippen molar-refractivity contribution in [3.05, 3.63) is 17.5 Å². The first kappa shape index (κ1) is 16.5. The summed E-state index contributed by atoms with van der Waals surface area (Å²) in [6.45, 7) is 3.68. The van der Waals surface area contributed by atoms with Gasteiger partial charge in [-0.05, 0) is 19.3 Å². The van der Waals surface area contributed by atoms with Gasteiger partial charge in [-0.2, -0.15) is 0 Å². The molecule has 22 heavy (non-hydrogen) atoms. The molecule has 0 unspecified atom stereocenters. The zero-order chi connectivity index (χ0) is 16.3. The van der Waals surface area contributed by atoms with Crippen LogP contribution in [-0.2, 0) is 22.6 Å². The van der Waals surface area contributed by atoms with Crippen molar-refractivity contribution in [2.24, 2.45) is 5.92 Å². The van der Waals surface area contributed by atoms with Gasteiger partial charge >= 0.3 is 0 Å². The van der Waals surface area contributed by atoms with Gasteiger partial charge in [0.05, 0.1) is 30.3 Å². The molecule has 0 radical (unpaired) electrons. The van der Waals surface area contributed by atoms with Crippen LogP contribution >= 0.6 is 0 Å². The summed E-state index contributed by atoms with van der Waals surface area (Å²) in [5, 5.41) is 16.9. The molecule has 2 N–H and O–H groups in total. The highest BCUT2D eigenvalue weighted by Crippen LogP contribution is 2.29. The third-order valence-electron chi connectivity index (χ3n) is 4.32. The Morgan fingerprint density at radius 1 is 1.50 bits per heavy atom. The largest absolute Gasteiger partial charge is 0.390 e. The van der Waals surface area contributed by atoms with Crippen molar-refractivity contribution in [2.45, 2.75) is 51.8 Å². The molecule has 1 aromatic heterocycles. The second-order valence-electron chi connectivity index (χ2n) is 5.73. The first-order valence-corrected chi connectivity index (χ1v) is 7.57. The lowest BCUT2D eigenvalue weighted by atomic mass is 10.0. The summed E-state index contributed by atoms with van der Waals surface area (Å²) in [5.74, 6) is -0.240. The predicted octanol–water partition coefficient (Wildman–Crippen LogP) is 0.471. The van der Waals surface area contributed by atoms with E-state index in [4.69, 9.17) is 4.52 Å². The van der Waals surface area contributed by atoms with Crippen LogP contribution in [0.1, 0.15) is 38.1 Å². The summed E-state index contributed by atoms with van der Waals surface area (Å²) in [7, 11) is 1.65. The molecule has 2 rings (SSSR count). The van der Waals surface area contributed by atoms with Crippen molar-refractivity contribution >= 4 is 11.8 Å². The minimum Gasteiger partial charge on any atom is -0.390 e. The maximum atomic E-state index is 12.2. The highest BCUT2D eigenvalue weighted by atomic mass is 16.5. The molecular formula is C15H23N3O4. The molecule has 0 bridgehead atoms. The third kappa shape index (κ3) is 3.47. The van der Waals surface area contributed by atoms with Crippen LogP contribution in [0.25, 0.3) is 0 Å². The lowest BCUT2D eigenvalue weighted by Crippen LogP contribution is -2.45. The van der Waals surface area contributed by atoms with Crippen molar-refractivity contribution in [3.8, 4) is 0 Å². The predicted molar refractivity (Wildman–Crippen MR) is 78.7 cm³/mol. The number of aryl methyl sites for hydroxylation is 1. The van der Waals surface area contributed by atoms with E-state index in [2.05, 4.69) is 10.5 Å². The number of rotatable bonds is 5. The fourth-order valence-electron chi connectivity index (χ4n) is 2.81. The number of aliphatic hydroxyl groups excluding tert-OH is 1. The third-order valence-corrected chi connectivity index (χ3v) is 4.32. The van der Waals surface area contributed by atoms with Gasteiger partial charge in [0.15, 0.2) is 5.76 Å². The van der Waals surface area contributed by atoms with E-state index in [9.17, 15) is 14.7 Å². The molecule has 1 aliphatic rings. The lowest BCUT2D eigenvalue weighted by Gasteiger charge is -2.27. The van der Waals surface area contributed by atoms with Gasteiger partial charge in [0.1, 0.15) is 0 Å². The Morgan fingerprint density at radius 3 is 2.82 bits per heavy atom. The van der Waals surface area contributed by atoms with Gasteiger partial charge in [-0.3, -0.25) is 9.59 Å². The average Bonchev–Trinajstić information content (AvgIpc) is 3.10. The number of amides is 2. The van der Waals surface area contributed by atoms with E-state index in [0.29, 0.717) is 18.6 Å². The molecule has 1 aliphatic carbocycles. The molecule has 1 aromatic rings. The van der Waals surface area contributed by atoms with Gasteiger partial charge in [-0.25, -0.2) is 0 Å². The van der Waals surface area contributed by atoms with Crippen LogP contribution in [0.3, 0.4) is 0 Å². The first-order valence-electron chi connectivity index (χ1n) is 7.57. The van der Waals surface area contributed by atoms with E-state index >= 15 is 0 Å². The Bertz CT molecular complexity index is 543. The number of aromatic nitrogens is 1. The Hall–Kier alpha value is -1.89. The number of nitrogens with one attached hydrogen (secondary N) is 1. The van der Waals surface area contributed by atoms with Crippen LogP contribution in [0.15, 0.2) is 10.6 Å². The topological polar surface area (TPSA) is 95.7 Å². The van der Waals surface area contributed by atoms with Crippen LogP contribution in [-0.4, -0.2) is 46.2 Å². The molecule has 1 heterocycles. The van der Waals surface area contributed by atoms with Gasteiger partial charge in [0, 0.05) is 20.0 Å². The maximum absolute atomic E-state index is 12.2. The van der Waals surface area contributed by atoms with E-state index in [-0.39, 0.29) is 24.4 Å². The van der Waals surface area contributed by atoms with Gasteiger partial charge in [0.25, 0.3) is 0 Å². The smallest absolute Gasteiger partial charge is 0.226 e. The maximum Gasteiger partial charge on any atom is 0.226 e. The average molecular weight is 309 g/mol. The number of carbonyl (C=O) groups is 2. The van der Waals surface area contributed by atoms with Crippen LogP contribution in [0.5, 0.6) is 0 Å². The molecule has 3 atom stereocenters. The molecule has 0 aromatic carbocycles. The van der Waals surface area contributed by atoms with Crippen molar-refractivity contribution in [1.29, 1.82) is 0 Å². The van der Waals surface area contributed by atoms with Crippen LogP contribution < -0.4 is 5.32 Å². The van der Waals surface area contributed by atoms with E-state index < -0.39 is 12.0 Å². The van der Waals surface area contributed by atoms with Gasteiger partial charge in [-0.15, -0.1) is 0 Å². The molecule has 1 saturated carbocycles. The number of hydrogen-bond donors (Lipinski definition) is 2. The molecule has 7 nitrogen and oxygen atoms in total. The molecule has 1 fully saturated rings. The van der Waals surface area contributed by atoms with E-state index in [1.54, 1.807) is 13.1 Å². The van der Waals surface area contributed by atoms with E-state index in [1.165, 1.54) is 11.8 Å². The summed E-state index contributed by atoms with van der Waals surface area (Å²) in [6.07, 6.45) is 1.12. The first-order chi connectivity index (χ1) is 10.4. The van der Waals surface area contributed by atoms with Gasteiger partial charge in [0.2, 0.25) is 11.8 Å². The Labute approximate surface area is 129 Å². The van der Waals surface area contributed by atoms with E-state index in [1.807, 2.05) is 6.92 Å². The zero-order valence-electron chi connectivity index (χ0n) is 13.2. The van der Waals surface area contributed by atoms with Crippen LogP contribution in [0.2, 0.25) is 0 Å². The highest BCUT2D eigenvalue weighted by molar-refractivity contribution is 5.80. The second kappa shape index (κ2) is 6.91. The lowest BCUT2D eigenvalue weighted by molar-refractivity contribution is -0.134. The Kier molecular flexibility index (Phi) is 5.18. The highest BCUT2D eigenvalue weighted by Gasteiger charge is 2.41. The summed E-state index contributed by atoms with van der Waals surface area (Å²) in [4.78, 5) is 25.1. The number of aliphatic hydroxyl groups is 1. The van der Waals surface area contributed by atoms with Gasteiger partial charge in [-0.1, -0.05) is 12.1 Å². The van der Waals surface area contributed by atoms with Gasteiger partial charge < -0.3 is 19.8 Å². The summed E-state index contributed by atoms with van der Waals surface area (Å²) in [6, 6.07) is 1.50. The van der Waals surface area contributed by atoms with Crippen molar-refractivity contribution in [2.75, 3.05) is 7.05 Å². The molecule has 7 heteroatoms. The standard InChI is InChI=1S/C15H23N3O4/c1-4-10-7-11(22-17-10)8-16-15(21)12-5-6-13(14(12)20)18(3)9(2)19/h7,12-14,20H,4-6,8H2,1-3H3,(H,16,21)/t12-,13-,14+/m1/s1. The normalized spacial score (nSPS) is 24.3. The molecular weight excluding hydrogens is 286 g/mol. The van der Waals surface area contributed by atoms with Crippen molar-refractivity contribution in [1.82, 2.24) is 15.4 Å². The summed E-state index contributed by atoms with van der Waals surface area (Å²) in [5.41, 5.74) is 0.841. The zero-order valence-corrected chi connectivity index (χ0v) is 13.2. The van der Waals surface area contributed by atoms with Crippen molar-refractivity contribution in [3.63, 3.8) is 0 Å². The Balaban J connectivity index is 1.89. The minimum absolute atomic E-state index is 0.112. The number of carbonyl (C=O) groups excluding carboxylic acids is 2. The molecule has 0 spiro atoms. The fourth-order valence-corrected chi connectivity index (χ4v) is 2.81. The number of nitrogens with zero attached hydrogens (tertiary/aromatic N) is 2. The van der Waals surface area contributed by atoms with Crippen molar-refractivity contribution < 1.29 is 19.2 Å². The molecule has 122 valence electrons. The monoisotopic (exact) mass is 309 g/mol. The number of likely N-dealkylation sites (N-methyl/N-ethyl adjacent to an activating group) is 1. The Morgan fingerprint density at radius 2 is 2.23 bits per heavy atom. The summed E-state index contributed by atoms with van der Waals surface area (Å²) < 4.78 is 5.11. The fraction of sp³-hybridized carbons (Fsp3) is 0.667.